The predicted octanol–water partition coefficient (Wildman–Crippen LogP) is 4.03. The van der Waals surface area contributed by atoms with E-state index in [-0.39, 0.29) is 26.5 Å². The fraction of sp³-hybridized carbons (Fsp3) is 0.200. The van der Waals surface area contributed by atoms with Gasteiger partial charge in [0.2, 0.25) is 9.84 Å². The second-order valence-corrected chi connectivity index (χ2v) is 10.0. The first-order chi connectivity index (χ1) is 14.7. The Morgan fingerprint density at radius 1 is 1.16 bits per heavy atom. The maximum absolute atomic E-state index is 12.7. The monoisotopic (exact) mass is 461 g/mol. The molecule has 0 atom stereocenters. The van der Waals surface area contributed by atoms with Crippen LogP contribution in [-0.4, -0.2) is 30.8 Å². The van der Waals surface area contributed by atoms with Gasteiger partial charge in [-0.2, -0.15) is 0 Å². The summed E-state index contributed by atoms with van der Waals surface area (Å²) in [4.78, 5) is 26.0. The lowest BCUT2D eigenvalue weighted by Crippen LogP contribution is -2.19. The Kier molecular flexibility index (Phi) is 6.66. The quantitative estimate of drug-likeness (QED) is 0.396. The maximum Gasteiger partial charge on any atom is 0.269 e. The maximum atomic E-state index is 12.7. The highest BCUT2D eigenvalue weighted by molar-refractivity contribution is 7.93. The number of hydrogen-bond donors (Lipinski definition) is 1. The van der Waals surface area contributed by atoms with Crippen molar-refractivity contribution in [2.24, 2.45) is 0 Å². The third-order valence-corrected chi connectivity index (χ3v) is 7.41. The van der Waals surface area contributed by atoms with Gasteiger partial charge in [0.1, 0.15) is 9.96 Å². The molecule has 0 saturated heterocycles. The summed E-state index contributed by atoms with van der Waals surface area (Å²) < 4.78 is 30.7. The molecule has 0 fully saturated rings. The van der Waals surface area contributed by atoms with Crippen LogP contribution in [0.15, 0.2) is 63.8 Å². The van der Waals surface area contributed by atoms with Crippen molar-refractivity contribution in [3.63, 3.8) is 0 Å². The van der Waals surface area contributed by atoms with Crippen molar-refractivity contribution in [3.05, 3.63) is 70.4 Å². The summed E-state index contributed by atoms with van der Waals surface area (Å²) in [5.41, 5.74) is 0.941. The number of anilines is 1. The molecule has 162 valence electrons. The zero-order valence-corrected chi connectivity index (χ0v) is 18.3. The van der Waals surface area contributed by atoms with Gasteiger partial charge in [-0.1, -0.05) is 37.3 Å². The van der Waals surface area contributed by atoms with E-state index in [1.54, 1.807) is 12.1 Å². The number of carbonyl (C=O) groups excluding carboxylic acids is 1. The first-order valence-corrected chi connectivity index (χ1v) is 11.4. The Morgan fingerprint density at radius 3 is 2.39 bits per heavy atom. The van der Waals surface area contributed by atoms with Crippen molar-refractivity contribution in [3.8, 4) is 5.75 Å². The van der Waals surface area contributed by atoms with Crippen molar-refractivity contribution >= 4 is 37.9 Å². The van der Waals surface area contributed by atoms with Gasteiger partial charge in [-0.3, -0.25) is 20.2 Å². The zero-order valence-electron chi connectivity index (χ0n) is 16.6. The molecule has 0 aliphatic carbocycles. The van der Waals surface area contributed by atoms with Gasteiger partial charge >= 0.3 is 0 Å². The number of hydrogen-bond acceptors (Lipinski definition) is 8. The summed E-state index contributed by atoms with van der Waals surface area (Å²) in [5, 5.41) is 13.3. The fourth-order valence-corrected chi connectivity index (χ4v) is 5.01. The van der Waals surface area contributed by atoms with Crippen LogP contribution in [-0.2, 0) is 14.6 Å². The summed E-state index contributed by atoms with van der Waals surface area (Å²) >= 11 is 0.780. The average molecular weight is 462 g/mol. The van der Waals surface area contributed by atoms with E-state index < -0.39 is 20.7 Å². The summed E-state index contributed by atoms with van der Waals surface area (Å²) in [7, 11) is -3.91. The smallest absolute Gasteiger partial charge is 0.269 e. The average Bonchev–Trinajstić information content (AvgIpc) is 3.22. The number of non-ortho nitro benzene ring substituents is 1. The molecule has 1 heterocycles. The fourth-order valence-electron chi connectivity index (χ4n) is 2.56. The Bertz CT molecular complexity index is 1190. The molecule has 1 N–H and O–H groups in total. The Labute approximate surface area is 182 Å². The second-order valence-electron chi connectivity index (χ2n) is 6.80. The van der Waals surface area contributed by atoms with Crippen LogP contribution in [0.1, 0.15) is 25.3 Å². The molecule has 9 nitrogen and oxygen atoms in total. The SMILES string of the molecule is CC(C)c1ccc(OCC(=O)Nc2ncc(S(=O)(=O)c3ccc([N+](=O)[O-])cc3)s2)cc1. The van der Waals surface area contributed by atoms with Crippen LogP contribution >= 0.6 is 11.3 Å². The highest BCUT2D eigenvalue weighted by Crippen LogP contribution is 2.29. The summed E-state index contributed by atoms with van der Waals surface area (Å²) in [6.07, 6.45) is 1.13. The first kappa shape index (κ1) is 22.4. The number of aromatic nitrogens is 1. The molecule has 0 spiro atoms. The summed E-state index contributed by atoms with van der Waals surface area (Å²) in [6, 6.07) is 11.9. The second kappa shape index (κ2) is 9.23. The van der Waals surface area contributed by atoms with Gasteiger partial charge < -0.3 is 4.74 Å². The topological polar surface area (TPSA) is 128 Å². The highest BCUT2D eigenvalue weighted by atomic mass is 32.2. The molecule has 0 aliphatic rings. The van der Waals surface area contributed by atoms with Gasteiger partial charge in [0.05, 0.1) is 16.0 Å². The van der Waals surface area contributed by atoms with Gasteiger partial charge in [0, 0.05) is 12.1 Å². The number of nitro groups is 1. The van der Waals surface area contributed by atoms with Crippen molar-refractivity contribution < 1.29 is 22.9 Å². The molecular formula is C20H19N3O6S2. The third-order valence-electron chi connectivity index (χ3n) is 4.27. The molecule has 1 aromatic heterocycles. The van der Waals surface area contributed by atoms with Crippen LogP contribution in [0.5, 0.6) is 5.75 Å². The summed E-state index contributed by atoms with van der Waals surface area (Å²) in [6.45, 7) is 3.89. The Hall–Kier alpha value is -3.31. The molecule has 2 aromatic carbocycles. The molecule has 0 unspecified atom stereocenters. The van der Waals surface area contributed by atoms with Gasteiger partial charge in [-0.05, 0) is 35.7 Å². The molecule has 1 amide bonds. The van der Waals surface area contributed by atoms with Crippen LogP contribution in [0.3, 0.4) is 0 Å². The third kappa shape index (κ3) is 5.44. The normalized spacial score (nSPS) is 11.3. The lowest BCUT2D eigenvalue weighted by Gasteiger charge is -2.08. The van der Waals surface area contributed by atoms with Gasteiger partial charge in [-0.25, -0.2) is 13.4 Å². The zero-order chi connectivity index (χ0) is 22.6. The number of sulfone groups is 1. The Morgan fingerprint density at radius 2 is 1.81 bits per heavy atom. The Balaban J connectivity index is 1.62. The van der Waals surface area contributed by atoms with E-state index in [1.807, 2.05) is 12.1 Å². The number of nitrogens with zero attached hydrogens (tertiary/aromatic N) is 2. The van der Waals surface area contributed by atoms with Crippen molar-refractivity contribution in [1.29, 1.82) is 0 Å². The number of rotatable bonds is 8. The van der Waals surface area contributed by atoms with Crippen LogP contribution in [0.25, 0.3) is 0 Å². The summed E-state index contributed by atoms with van der Waals surface area (Å²) in [5.74, 6) is 0.445. The molecule has 0 saturated carbocycles. The van der Waals surface area contributed by atoms with E-state index in [2.05, 4.69) is 24.1 Å². The van der Waals surface area contributed by atoms with Crippen LogP contribution in [0.2, 0.25) is 0 Å². The molecule has 31 heavy (non-hydrogen) atoms. The number of amides is 1. The van der Waals surface area contributed by atoms with Crippen LogP contribution in [0, 0.1) is 10.1 Å². The predicted molar refractivity (Wildman–Crippen MR) is 115 cm³/mol. The number of nitrogens with one attached hydrogen (secondary N) is 1. The molecule has 0 radical (unpaired) electrons. The minimum absolute atomic E-state index is 0.0955. The van der Waals surface area contributed by atoms with Gasteiger partial charge in [0.15, 0.2) is 11.7 Å². The minimum atomic E-state index is -3.91. The minimum Gasteiger partial charge on any atom is -0.484 e. The number of nitro benzene ring substituents is 1. The van der Waals surface area contributed by atoms with E-state index >= 15 is 0 Å². The van der Waals surface area contributed by atoms with E-state index in [9.17, 15) is 23.3 Å². The van der Waals surface area contributed by atoms with E-state index in [0.717, 1.165) is 47.4 Å². The number of benzene rings is 2. The van der Waals surface area contributed by atoms with Crippen molar-refractivity contribution in [1.82, 2.24) is 4.98 Å². The molecule has 11 heteroatoms. The molecule has 0 aliphatic heterocycles. The lowest BCUT2D eigenvalue weighted by atomic mass is 10.0. The van der Waals surface area contributed by atoms with Crippen LogP contribution < -0.4 is 10.1 Å². The van der Waals surface area contributed by atoms with Crippen LogP contribution in [0.4, 0.5) is 10.8 Å². The lowest BCUT2D eigenvalue weighted by molar-refractivity contribution is -0.384. The van der Waals surface area contributed by atoms with E-state index in [0.29, 0.717) is 11.7 Å². The first-order valence-electron chi connectivity index (χ1n) is 9.15. The molecule has 3 aromatic rings. The number of thiazole rings is 1. The van der Waals surface area contributed by atoms with E-state index in [1.165, 1.54) is 0 Å². The van der Waals surface area contributed by atoms with Crippen molar-refractivity contribution in [2.45, 2.75) is 28.9 Å². The largest absolute Gasteiger partial charge is 0.484 e. The molecular weight excluding hydrogens is 442 g/mol. The highest BCUT2D eigenvalue weighted by Gasteiger charge is 2.22. The number of carbonyl (C=O) groups is 1. The van der Waals surface area contributed by atoms with E-state index in [4.69, 9.17) is 4.74 Å². The molecule has 0 bridgehead atoms. The van der Waals surface area contributed by atoms with Gasteiger partial charge in [-0.15, -0.1) is 0 Å². The van der Waals surface area contributed by atoms with Gasteiger partial charge in [0.25, 0.3) is 11.6 Å². The molecule has 3 rings (SSSR count). The van der Waals surface area contributed by atoms with Crippen molar-refractivity contribution in [2.75, 3.05) is 11.9 Å². The number of ether oxygens (including phenoxy) is 1. The standard InChI is InChI=1S/C20H19N3O6S2/c1-13(2)14-3-7-16(8-4-14)29-12-18(24)22-20-21-11-19(30-20)31(27,28)17-9-5-15(6-10-17)23(25)26/h3-11,13H,12H2,1-2H3,(H,21,22,24).